The van der Waals surface area contributed by atoms with Gasteiger partial charge in [-0.25, -0.2) is 0 Å². The molecule has 52 heavy (non-hydrogen) atoms. The molecule has 5 aromatic carbocycles. The summed E-state index contributed by atoms with van der Waals surface area (Å²) in [4.78, 5) is 0. The third-order valence-electron chi connectivity index (χ3n) is 11.4. The predicted molar refractivity (Wildman–Crippen MR) is 225 cm³/mol. The molecule has 3 aliphatic rings. The highest BCUT2D eigenvalue weighted by atomic mass is 15.0. The van der Waals surface area contributed by atoms with Crippen LogP contribution >= 0.6 is 0 Å². The van der Waals surface area contributed by atoms with Crippen LogP contribution < -0.4 is 10.4 Å². The second kappa shape index (κ2) is 12.7. The van der Waals surface area contributed by atoms with Gasteiger partial charge in [0.15, 0.2) is 0 Å². The second-order valence-corrected chi connectivity index (χ2v) is 14.6. The molecule has 1 heterocycles. The molecule has 0 saturated carbocycles. The van der Waals surface area contributed by atoms with Crippen LogP contribution in [0.25, 0.3) is 80.4 Å². The molecule has 0 spiro atoms. The lowest BCUT2D eigenvalue weighted by Gasteiger charge is -2.23. The number of benzene rings is 5. The van der Waals surface area contributed by atoms with E-state index in [1.165, 1.54) is 82.5 Å². The Morgan fingerprint density at radius 1 is 0.769 bits per heavy atom. The number of nitrogens with zero attached hydrogens (tertiary/aromatic N) is 1. The lowest BCUT2D eigenvalue weighted by atomic mass is 9.80. The molecule has 9 rings (SSSR count). The van der Waals surface area contributed by atoms with Crippen molar-refractivity contribution in [3.63, 3.8) is 0 Å². The Morgan fingerprint density at radius 3 is 2.40 bits per heavy atom. The number of hydrogen-bond acceptors (Lipinski definition) is 0. The van der Waals surface area contributed by atoms with Gasteiger partial charge in [0.25, 0.3) is 0 Å². The first-order chi connectivity index (χ1) is 25.5. The predicted octanol–water partition coefficient (Wildman–Crippen LogP) is 12.0. The van der Waals surface area contributed by atoms with E-state index in [1.54, 1.807) is 0 Å². The summed E-state index contributed by atoms with van der Waals surface area (Å²) >= 11 is 0. The van der Waals surface area contributed by atoms with Crippen molar-refractivity contribution in [3.05, 3.63) is 178 Å². The van der Waals surface area contributed by atoms with Gasteiger partial charge in [-0.1, -0.05) is 155 Å². The smallest absolute Gasteiger partial charge is 0.0541 e. The lowest BCUT2D eigenvalue weighted by molar-refractivity contribution is 0.660. The van der Waals surface area contributed by atoms with E-state index in [9.17, 15) is 0 Å². The van der Waals surface area contributed by atoms with Crippen LogP contribution in [0.2, 0.25) is 0 Å². The van der Waals surface area contributed by atoms with Crippen molar-refractivity contribution >= 4 is 41.3 Å². The Balaban J connectivity index is 1.25. The molecule has 1 aromatic heterocycles. The summed E-state index contributed by atoms with van der Waals surface area (Å²) in [6.07, 6.45) is 27.6. The Hall–Kier alpha value is -5.92. The van der Waals surface area contributed by atoms with E-state index in [0.717, 1.165) is 30.6 Å². The Morgan fingerprint density at radius 2 is 1.56 bits per heavy atom. The van der Waals surface area contributed by atoms with Crippen molar-refractivity contribution in [2.24, 2.45) is 0 Å². The first-order valence-electron chi connectivity index (χ1n) is 18.7. The summed E-state index contributed by atoms with van der Waals surface area (Å²) in [6.45, 7) is 11.2. The minimum absolute atomic E-state index is 0.0573. The standard InChI is InChI=1S/C51H43N/c1-5-7-18-39-40-20-15-17-26-48(40)52(47(39)6-2)36-30-27-34(28-31-36)49-41-21-10-8-12-23-43(41)50(44-24-13-9-11-22-42(44)49)35-29-32-38-37-19-14-16-25-45(37)51(3,4)46(38)33-35/h6-12,14-22,24-33H,2,5,13,23H2,1,3-4H3/b18-7-. The van der Waals surface area contributed by atoms with Crippen molar-refractivity contribution in [3.8, 4) is 39.1 Å². The Kier molecular flexibility index (Phi) is 7.81. The molecule has 0 N–H and O–H groups in total. The largest absolute Gasteiger partial charge is 0.309 e. The van der Waals surface area contributed by atoms with Crippen molar-refractivity contribution < 1.29 is 0 Å². The van der Waals surface area contributed by atoms with Gasteiger partial charge in [-0.05, 0) is 116 Å². The van der Waals surface area contributed by atoms with Crippen LogP contribution in [0, 0.1) is 0 Å². The topological polar surface area (TPSA) is 4.93 Å². The molecule has 0 amide bonds. The van der Waals surface area contributed by atoms with E-state index in [2.05, 4.69) is 184 Å². The van der Waals surface area contributed by atoms with E-state index in [0.29, 0.717) is 0 Å². The molecule has 3 aliphatic carbocycles. The van der Waals surface area contributed by atoms with Crippen LogP contribution in [0.1, 0.15) is 67.1 Å². The Bertz CT molecular complexity index is 2680. The van der Waals surface area contributed by atoms with E-state index < -0.39 is 0 Å². The fraction of sp³-hybridized carbons (Fsp3) is 0.137. The summed E-state index contributed by atoms with van der Waals surface area (Å²) in [7, 11) is 0. The highest BCUT2D eigenvalue weighted by molar-refractivity contribution is 5.96. The molecule has 1 nitrogen and oxygen atoms in total. The van der Waals surface area contributed by atoms with Gasteiger partial charge in [-0.2, -0.15) is 0 Å². The van der Waals surface area contributed by atoms with Crippen LogP contribution in [-0.2, 0) is 11.8 Å². The summed E-state index contributed by atoms with van der Waals surface area (Å²) in [5, 5.41) is 3.86. The van der Waals surface area contributed by atoms with Gasteiger partial charge >= 0.3 is 0 Å². The van der Waals surface area contributed by atoms with E-state index in [1.807, 2.05) is 6.08 Å². The number of rotatable bonds is 6. The third-order valence-corrected chi connectivity index (χ3v) is 11.4. The molecule has 0 radical (unpaired) electrons. The van der Waals surface area contributed by atoms with Crippen molar-refractivity contribution in [2.75, 3.05) is 0 Å². The minimum atomic E-state index is -0.0573. The molecule has 0 unspecified atom stereocenters. The maximum atomic E-state index is 4.25. The van der Waals surface area contributed by atoms with Gasteiger partial charge in [0, 0.05) is 22.1 Å². The first-order valence-corrected chi connectivity index (χ1v) is 18.7. The minimum Gasteiger partial charge on any atom is -0.309 e. The van der Waals surface area contributed by atoms with Crippen LogP contribution in [-0.4, -0.2) is 4.57 Å². The molecule has 0 aliphatic heterocycles. The Labute approximate surface area is 307 Å². The molecule has 252 valence electrons. The number of fused-ring (bicyclic) bond motifs is 6. The molecular weight excluding hydrogens is 627 g/mol. The zero-order chi connectivity index (χ0) is 35.4. The molecule has 1 heteroatoms. The maximum Gasteiger partial charge on any atom is 0.0541 e. The van der Waals surface area contributed by atoms with Gasteiger partial charge in [-0.15, -0.1) is 0 Å². The number of allylic oxidation sites excluding steroid dienone is 6. The van der Waals surface area contributed by atoms with Gasteiger partial charge in [-0.3, -0.25) is 0 Å². The van der Waals surface area contributed by atoms with Crippen LogP contribution in [0.3, 0.4) is 0 Å². The van der Waals surface area contributed by atoms with Gasteiger partial charge < -0.3 is 4.57 Å². The van der Waals surface area contributed by atoms with Gasteiger partial charge in [0.1, 0.15) is 0 Å². The molecule has 6 aromatic rings. The average Bonchev–Trinajstić information content (AvgIpc) is 3.34. The normalized spacial score (nSPS) is 15.0. The van der Waals surface area contributed by atoms with Crippen molar-refractivity contribution in [1.82, 2.24) is 4.57 Å². The summed E-state index contributed by atoms with van der Waals surface area (Å²) in [6, 6.07) is 34.0. The summed E-state index contributed by atoms with van der Waals surface area (Å²) in [5.74, 6) is 0. The number of para-hydroxylation sites is 1. The fourth-order valence-electron chi connectivity index (χ4n) is 8.94. The molecular formula is C51H43N. The van der Waals surface area contributed by atoms with Gasteiger partial charge in [0.2, 0.25) is 0 Å². The number of hydrogen-bond donors (Lipinski definition) is 0. The van der Waals surface area contributed by atoms with Crippen molar-refractivity contribution in [2.45, 2.75) is 45.4 Å². The van der Waals surface area contributed by atoms with Crippen LogP contribution in [0.5, 0.6) is 0 Å². The van der Waals surface area contributed by atoms with Crippen molar-refractivity contribution in [1.29, 1.82) is 0 Å². The quantitative estimate of drug-likeness (QED) is 0.166. The maximum absolute atomic E-state index is 4.25. The highest BCUT2D eigenvalue weighted by Crippen LogP contribution is 2.49. The van der Waals surface area contributed by atoms with Crippen LogP contribution in [0.15, 0.2) is 134 Å². The summed E-state index contributed by atoms with van der Waals surface area (Å²) < 4.78 is 2.35. The average molecular weight is 670 g/mol. The van der Waals surface area contributed by atoms with E-state index in [-0.39, 0.29) is 5.41 Å². The SMILES string of the molecule is C=Cc1c(/C=C\CC)c2ccccc2n1-c1ccc(-c2c3c(c(-c4ccc5c(c4)C(C)(C)c4ccccc4-5)c4c2=CC=CCC=4)CC=CC=C3)cc1. The van der Waals surface area contributed by atoms with E-state index >= 15 is 0 Å². The first kappa shape index (κ1) is 32.0. The molecule has 0 fully saturated rings. The lowest BCUT2D eigenvalue weighted by Crippen LogP contribution is -2.31. The second-order valence-electron chi connectivity index (χ2n) is 14.6. The van der Waals surface area contributed by atoms with Crippen LogP contribution in [0.4, 0.5) is 0 Å². The monoisotopic (exact) mass is 669 g/mol. The fourth-order valence-corrected chi connectivity index (χ4v) is 8.94. The zero-order valence-electron chi connectivity index (χ0n) is 30.3. The van der Waals surface area contributed by atoms with E-state index in [4.69, 9.17) is 0 Å². The highest BCUT2D eigenvalue weighted by Gasteiger charge is 2.35. The summed E-state index contributed by atoms with van der Waals surface area (Å²) in [5.41, 5.74) is 18.0. The van der Waals surface area contributed by atoms with Gasteiger partial charge in [0.05, 0.1) is 11.2 Å². The molecule has 0 bridgehead atoms. The number of aromatic nitrogens is 1. The molecule has 0 saturated heterocycles. The third kappa shape index (κ3) is 4.91. The zero-order valence-corrected chi connectivity index (χ0v) is 30.3. The molecule has 0 atom stereocenters.